The van der Waals surface area contributed by atoms with Gasteiger partial charge in [-0.3, -0.25) is 0 Å². The second-order valence-electron chi connectivity index (χ2n) is 4.81. The zero-order valence-electron chi connectivity index (χ0n) is 11.8. The summed E-state index contributed by atoms with van der Waals surface area (Å²) < 4.78 is 11.2. The quantitative estimate of drug-likeness (QED) is 0.768. The van der Waals surface area contributed by atoms with Crippen molar-refractivity contribution in [2.75, 3.05) is 25.1 Å². The average molecular weight is 265 g/mol. The number of aryl methyl sites for hydroxylation is 1. The number of ether oxygens (including phenoxy) is 2. The molecule has 1 aliphatic carbocycles. The van der Waals surface area contributed by atoms with E-state index >= 15 is 0 Å². The van der Waals surface area contributed by atoms with Gasteiger partial charge in [0.15, 0.2) is 0 Å². The molecule has 0 unspecified atom stereocenters. The lowest BCUT2D eigenvalue weighted by Gasteiger charge is -2.12. The molecule has 1 aromatic rings. The molecule has 0 radical (unpaired) electrons. The van der Waals surface area contributed by atoms with Gasteiger partial charge in [0.1, 0.15) is 0 Å². The Hall–Kier alpha value is -1.36. The van der Waals surface area contributed by atoms with Crippen molar-refractivity contribution >= 4 is 5.95 Å². The van der Waals surface area contributed by atoms with Gasteiger partial charge in [0, 0.05) is 18.3 Å². The molecule has 0 saturated heterocycles. The van der Waals surface area contributed by atoms with Crippen molar-refractivity contribution in [2.45, 2.75) is 45.6 Å². The lowest BCUT2D eigenvalue weighted by atomic mass is 10.3. The van der Waals surface area contributed by atoms with Crippen LogP contribution >= 0.6 is 0 Å². The van der Waals surface area contributed by atoms with Gasteiger partial charge in [0.25, 0.3) is 0 Å². The Bertz CT molecular complexity index is 392. The first-order chi connectivity index (χ1) is 9.28. The van der Waals surface area contributed by atoms with E-state index in [2.05, 4.69) is 15.3 Å². The van der Waals surface area contributed by atoms with Crippen LogP contribution < -0.4 is 10.1 Å². The van der Waals surface area contributed by atoms with E-state index in [1.165, 1.54) is 25.7 Å². The number of nitrogens with zero attached hydrogens (tertiary/aromatic N) is 2. The molecule has 1 heterocycles. The molecule has 106 valence electrons. The molecule has 5 heteroatoms. The first-order valence-electron chi connectivity index (χ1n) is 7.12. The first kappa shape index (κ1) is 14.1. The summed E-state index contributed by atoms with van der Waals surface area (Å²) in [6, 6.07) is 1.84. The minimum absolute atomic E-state index is 0.458. The summed E-state index contributed by atoms with van der Waals surface area (Å²) in [6.45, 7) is 5.92. The third-order valence-electron chi connectivity index (χ3n) is 3.16. The van der Waals surface area contributed by atoms with Gasteiger partial charge in [-0.2, -0.15) is 4.98 Å². The van der Waals surface area contributed by atoms with Crippen LogP contribution in [0.15, 0.2) is 6.07 Å². The molecule has 0 aliphatic heterocycles. The molecule has 2 rings (SSSR count). The molecule has 5 nitrogen and oxygen atoms in total. The molecule has 0 bridgehead atoms. The molecule has 0 atom stereocenters. The molecule has 1 aromatic heterocycles. The topological polar surface area (TPSA) is 56.3 Å². The Balaban J connectivity index is 1.75. The van der Waals surface area contributed by atoms with Crippen molar-refractivity contribution in [1.29, 1.82) is 0 Å². The van der Waals surface area contributed by atoms with Crippen LogP contribution in [0.5, 0.6) is 5.88 Å². The lowest BCUT2D eigenvalue weighted by Crippen LogP contribution is -2.16. The van der Waals surface area contributed by atoms with E-state index in [4.69, 9.17) is 9.47 Å². The largest absolute Gasteiger partial charge is 0.478 e. The third kappa shape index (κ3) is 4.67. The van der Waals surface area contributed by atoms with Crippen LogP contribution in [0, 0.1) is 6.92 Å². The second-order valence-corrected chi connectivity index (χ2v) is 4.81. The SMILES string of the molecule is CCOc1cc(C)nc(NCCOC2CCCC2)n1. The Kier molecular flexibility index (Phi) is 5.39. The summed E-state index contributed by atoms with van der Waals surface area (Å²) in [6.07, 6.45) is 5.47. The van der Waals surface area contributed by atoms with E-state index in [0.717, 1.165) is 12.2 Å². The molecule has 1 saturated carbocycles. The van der Waals surface area contributed by atoms with Crippen molar-refractivity contribution in [3.8, 4) is 5.88 Å². The number of hydrogen-bond donors (Lipinski definition) is 1. The summed E-state index contributed by atoms with van der Waals surface area (Å²) in [4.78, 5) is 8.62. The van der Waals surface area contributed by atoms with Gasteiger partial charge in [-0.05, 0) is 26.7 Å². The zero-order valence-corrected chi connectivity index (χ0v) is 11.8. The summed E-state index contributed by atoms with van der Waals surface area (Å²) in [7, 11) is 0. The predicted molar refractivity (Wildman–Crippen MR) is 74.6 cm³/mol. The fraction of sp³-hybridized carbons (Fsp3) is 0.714. The standard InChI is InChI=1S/C14H23N3O2/c1-3-18-13-10-11(2)16-14(17-13)15-8-9-19-12-6-4-5-7-12/h10,12H,3-9H2,1-2H3,(H,15,16,17). The Morgan fingerprint density at radius 3 is 2.84 bits per heavy atom. The van der Waals surface area contributed by atoms with Gasteiger partial charge in [-0.1, -0.05) is 12.8 Å². The predicted octanol–water partition coefficient (Wildman–Crippen LogP) is 2.55. The minimum atomic E-state index is 0.458. The second kappa shape index (κ2) is 7.28. The Morgan fingerprint density at radius 1 is 1.32 bits per heavy atom. The molecular weight excluding hydrogens is 242 g/mol. The van der Waals surface area contributed by atoms with Crippen LogP contribution in [0.2, 0.25) is 0 Å². The minimum Gasteiger partial charge on any atom is -0.478 e. The van der Waals surface area contributed by atoms with Crippen LogP contribution in [0.3, 0.4) is 0 Å². The highest BCUT2D eigenvalue weighted by Gasteiger charge is 2.14. The Labute approximate surface area is 114 Å². The van der Waals surface area contributed by atoms with Crippen LogP contribution in [-0.4, -0.2) is 35.8 Å². The van der Waals surface area contributed by atoms with Gasteiger partial charge in [0.2, 0.25) is 11.8 Å². The van der Waals surface area contributed by atoms with Crippen LogP contribution in [0.1, 0.15) is 38.3 Å². The van der Waals surface area contributed by atoms with E-state index in [9.17, 15) is 0 Å². The van der Waals surface area contributed by atoms with Crippen molar-refractivity contribution in [3.05, 3.63) is 11.8 Å². The lowest BCUT2D eigenvalue weighted by molar-refractivity contribution is 0.0658. The van der Waals surface area contributed by atoms with Gasteiger partial charge < -0.3 is 14.8 Å². The highest BCUT2D eigenvalue weighted by Crippen LogP contribution is 2.20. The van der Waals surface area contributed by atoms with Gasteiger partial charge in [-0.25, -0.2) is 4.98 Å². The maximum Gasteiger partial charge on any atom is 0.226 e. The van der Waals surface area contributed by atoms with E-state index in [0.29, 0.717) is 31.1 Å². The molecular formula is C14H23N3O2. The normalized spacial score (nSPS) is 15.7. The summed E-state index contributed by atoms with van der Waals surface area (Å²) in [5.74, 6) is 1.23. The Morgan fingerprint density at radius 2 is 2.11 bits per heavy atom. The highest BCUT2D eigenvalue weighted by molar-refractivity contribution is 5.30. The number of anilines is 1. The fourth-order valence-electron chi connectivity index (χ4n) is 2.28. The monoisotopic (exact) mass is 265 g/mol. The zero-order chi connectivity index (χ0) is 13.5. The van der Waals surface area contributed by atoms with Gasteiger partial charge in [-0.15, -0.1) is 0 Å². The van der Waals surface area contributed by atoms with E-state index in [1.54, 1.807) is 0 Å². The molecule has 19 heavy (non-hydrogen) atoms. The van der Waals surface area contributed by atoms with E-state index in [1.807, 2.05) is 19.9 Å². The first-order valence-corrected chi connectivity index (χ1v) is 7.12. The molecule has 0 aromatic carbocycles. The molecule has 1 fully saturated rings. The van der Waals surface area contributed by atoms with Crippen LogP contribution in [-0.2, 0) is 4.74 Å². The number of hydrogen-bond acceptors (Lipinski definition) is 5. The van der Waals surface area contributed by atoms with Crippen molar-refractivity contribution < 1.29 is 9.47 Å². The fourth-order valence-corrected chi connectivity index (χ4v) is 2.28. The maximum atomic E-state index is 5.78. The highest BCUT2D eigenvalue weighted by atomic mass is 16.5. The number of aromatic nitrogens is 2. The van der Waals surface area contributed by atoms with Crippen molar-refractivity contribution in [2.24, 2.45) is 0 Å². The molecule has 0 spiro atoms. The van der Waals surface area contributed by atoms with Gasteiger partial charge >= 0.3 is 0 Å². The molecule has 0 amide bonds. The number of nitrogens with one attached hydrogen (secondary N) is 1. The maximum absolute atomic E-state index is 5.78. The van der Waals surface area contributed by atoms with Crippen molar-refractivity contribution in [1.82, 2.24) is 9.97 Å². The average Bonchev–Trinajstić information content (AvgIpc) is 2.87. The number of rotatable bonds is 7. The van der Waals surface area contributed by atoms with Crippen LogP contribution in [0.4, 0.5) is 5.95 Å². The van der Waals surface area contributed by atoms with Crippen molar-refractivity contribution in [3.63, 3.8) is 0 Å². The van der Waals surface area contributed by atoms with Crippen LogP contribution in [0.25, 0.3) is 0 Å². The summed E-state index contributed by atoms with van der Waals surface area (Å²) >= 11 is 0. The molecule has 1 aliphatic rings. The van der Waals surface area contributed by atoms with Gasteiger partial charge in [0.05, 0.1) is 19.3 Å². The van der Waals surface area contributed by atoms with E-state index < -0.39 is 0 Å². The summed E-state index contributed by atoms with van der Waals surface area (Å²) in [5.41, 5.74) is 0.901. The summed E-state index contributed by atoms with van der Waals surface area (Å²) in [5, 5.41) is 3.18. The smallest absolute Gasteiger partial charge is 0.226 e. The van der Waals surface area contributed by atoms with E-state index in [-0.39, 0.29) is 0 Å². The molecule has 1 N–H and O–H groups in total. The third-order valence-corrected chi connectivity index (χ3v) is 3.16.